The van der Waals surface area contributed by atoms with Crippen LogP contribution < -0.4 is 10.6 Å². The van der Waals surface area contributed by atoms with Crippen LogP contribution in [0.25, 0.3) is 0 Å². The van der Waals surface area contributed by atoms with Crippen molar-refractivity contribution in [2.24, 2.45) is 0 Å². The molecule has 0 fully saturated rings. The number of carbonyl (C=O) groups excluding carboxylic acids is 1. The van der Waals surface area contributed by atoms with Crippen molar-refractivity contribution in [1.82, 2.24) is 0 Å². The Morgan fingerprint density at radius 3 is 2.57 bits per heavy atom. The van der Waals surface area contributed by atoms with Gasteiger partial charge in [0.2, 0.25) is 0 Å². The van der Waals surface area contributed by atoms with Crippen LogP contribution in [0.3, 0.4) is 0 Å². The van der Waals surface area contributed by atoms with Gasteiger partial charge in [0.05, 0.1) is 11.4 Å². The molecule has 0 atom stereocenters. The molecule has 7 heteroatoms. The van der Waals surface area contributed by atoms with E-state index < -0.39 is 21.7 Å². The van der Waals surface area contributed by atoms with E-state index in [1.54, 1.807) is 37.3 Å². The number of halogens is 1. The van der Waals surface area contributed by atoms with Crippen LogP contribution in [-0.2, 0) is 15.6 Å². The summed E-state index contributed by atoms with van der Waals surface area (Å²) in [7, 11) is -3.16. The third-order valence-electron chi connectivity index (χ3n) is 2.98. The number of hydrogen-bond donors (Lipinski definition) is 2. The molecule has 0 saturated heterocycles. The number of rotatable bonds is 4. The Hall–Kier alpha value is -2.41. The molecule has 2 N–H and O–H groups in total. The van der Waals surface area contributed by atoms with E-state index in [4.69, 9.17) is 0 Å². The number of anilines is 2. The number of carbonyl (C=O) groups is 1. The van der Waals surface area contributed by atoms with Gasteiger partial charge in [0, 0.05) is 11.9 Å². The predicted molar refractivity (Wildman–Crippen MR) is 88.8 cm³/mol. The van der Waals surface area contributed by atoms with Gasteiger partial charge in [0.1, 0.15) is 5.82 Å². The second-order valence-corrected chi connectivity index (χ2v) is 7.47. The number of nitrogens with one attached hydrogen (secondary N) is 2. The normalized spacial score (nSPS) is 11.1. The Kier molecular flexibility index (Phi) is 5.00. The second-order valence-electron chi connectivity index (χ2n) is 5.33. The molecule has 122 valence electrons. The molecule has 0 aliphatic rings. The van der Waals surface area contributed by atoms with E-state index in [0.717, 1.165) is 11.8 Å². The van der Waals surface area contributed by atoms with Crippen molar-refractivity contribution in [2.45, 2.75) is 12.7 Å². The third-order valence-corrected chi connectivity index (χ3v) is 3.84. The van der Waals surface area contributed by atoms with Gasteiger partial charge in [-0.05, 0) is 42.3 Å². The summed E-state index contributed by atoms with van der Waals surface area (Å²) in [4.78, 5) is 11.9. The van der Waals surface area contributed by atoms with E-state index in [2.05, 4.69) is 10.6 Å². The molecule has 0 saturated carbocycles. The fourth-order valence-electron chi connectivity index (χ4n) is 2.06. The molecular formula is C16H17FN2O3S. The predicted octanol–water partition coefficient (Wildman–Crippen LogP) is 3.32. The molecule has 2 amide bonds. The van der Waals surface area contributed by atoms with Crippen LogP contribution in [0.15, 0.2) is 42.5 Å². The maximum absolute atomic E-state index is 13.6. The molecule has 2 rings (SSSR count). The lowest BCUT2D eigenvalue weighted by molar-refractivity contribution is 0.262. The maximum Gasteiger partial charge on any atom is 0.323 e. The lowest BCUT2D eigenvalue weighted by Crippen LogP contribution is -2.20. The van der Waals surface area contributed by atoms with Crippen LogP contribution in [0.4, 0.5) is 20.6 Å². The van der Waals surface area contributed by atoms with E-state index in [-0.39, 0.29) is 11.4 Å². The van der Waals surface area contributed by atoms with Gasteiger partial charge in [0.25, 0.3) is 0 Å². The molecule has 0 bridgehead atoms. The smallest absolute Gasteiger partial charge is 0.308 e. The van der Waals surface area contributed by atoms with Crippen molar-refractivity contribution >= 4 is 27.2 Å². The van der Waals surface area contributed by atoms with Gasteiger partial charge in [-0.25, -0.2) is 17.6 Å². The minimum Gasteiger partial charge on any atom is -0.308 e. The molecule has 5 nitrogen and oxygen atoms in total. The molecule has 0 unspecified atom stereocenters. The Morgan fingerprint density at radius 2 is 1.87 bits per heavy atom. The Balaban J connectivity index is 2.08. The van der Waals surface area contributed by atoms with Crippen molar-refractivity contribution in [2.75, 3.05) is 16.9 Å². The third kappa shape index (κ3) is 5.37. The largest absolute Gasteiger partial charge is 0.323 e. The van der Waals surface area contributed by atoms with Crippen molar-refractivity contribution in [3.05, 3.63) is 59.4 Å². The van der Waals surface area contributed by atoms with Gasteiger partial charge in [-0.1, -0.05) is 18.2 Å². The molecule has 0 aliphatic carbocycles. The summed E-state index contributed by atoms with van der Waals surface area (Å²) in [5.74, 6) is -0.645. The van der Waals surface area contributed by atoms with Gasteiger partial charge < -0.3 is 10.6 Å². The monoisotopic (exact) mass is 336 g/mol. The van der Waals surface area contributed by atoms with Crippen molar-refractivity contribution < 1.29 is 17.6 Å². The summed E-state index contributed by atoms with van der Waals surface area (Å²) >= 11 is 0. The first kappa shape index (κ1) is 17.0. The average Bonchev–Trinajstić information content (AvgIpc) is 2.41. The second kappa shape index (κ2) is 6.78. The average molecular weight is 336 g/mol. The van der Waals surface area contributed by atoms with Crippen LogP contribution in [-0.4, -0.2) is 20.7 Å². The molecule has 0 radical (unpaired) electrons. The number of benzene rings is 2. The minimum absolute atomic E-state index is 0.0785. The highest BCUT2D eigenvalue weighted by Gasteiger charge is 2.09. The summed E-state index contributed by atoms with van der Waals surface area (Å²) in [6, 6.07) is 10.3. The molecule has 23 heavy (non-hydrogen) atoms. The highest BCUT2D eigenvalue weighted by atomic mass is 32.2. The zero-order chi connectivity index (χ0) is 17.0. The molecule has 0 spiro atoms. The Bertz CT molecular complexity index is 835. The molecule has 2 aromatic carbocycles. The highest BCUT2D eigenvalue weighted by Crippen LogP contribution is 2.17. The summed E-state index contributed by atoms with van der Waals surface area (Å²) in [5, 5.41) is 4.98. The fourth-order valence-corrected chi connectivity index (χ4v) is 2.85. The molecule has 0 aliphatic heterocycles. The van der Waals surface area contributed by atoms with Gasteiger partial charge in [-0.3, -0.25) is 0 Å². The van der Waals surface area contributed by atoms with Crippen LogP contribution in [0.5, 0.6) is 0 Å². The topological polar surface area (TPSA) is 75.3 Å². The Morgan fingerprint density at radius 1 is 1.13 bits per heavy atom. The summed E-state index contributed by atoms with van der Waals surface area (Å²) in [6.45, 7) is 1.79. The first-order valence-corrected chi connectivity index (χ1v) is 8.90. The minimum atomic E-state index is -3.16. The maximum atomic E-state index is 13.6. The van der Waals surface area contributed by atoms with E-state index >= 15 is 0 Å². The lowest BCUT2D eigenvalue weighted by Gasteiger charge is -2.10. The SMILES string of the molecule is Cc1ccc(F)c(NC(=O)Nc2cccc(CS(C)(=O)=O)c2)c1. The zero-order valence-corrected chi connectivity index (χ0v) is 13.6. The van der Waals surface area contributed by atoms with Gasteiger partial charge >= 0.3 is 6.03 Å². The van der Waals surface area contributed by atoms with Crippen LogP contribution in [0.1, 0.15) is 11.1 Å². The van der Waals surface area contributed by atoms with E-state index in [9.17, 15) is 17.6 Å². The fraction of sp³-hybridized carbons (Fsp3) is 0.188. The van der Waals surface area contributed by atoms with Gasteiger partial charge in [-0.15, -0.1) is 0 Å². The molecule has 0 heterocycles. The highest BCUT2D eigenvalue weighted by molar-refractivity contribution is 7.89. The number of urea groups is 1. The van der Waals surface area contributed by atoms with Gasteiger partial charge in [-0.2, -0.15) is 0 Å². The summed E-state index contributed by atoms with van der Waals surface area (Å²) in [5.41, 5.74) is 1.88. The molecule has 0 aromatic heterocycles. The number of aryl methyl sites for hydroxylation is 1. The van der Waals surface area contributed by atoms with E-state index in [1.807, 2.05) is 0 Å². The lowest BCUT2D eigenvalue weighted by atomic mass is 10.2. The summed E-state index contributed by atoms with van der Waals surface area (Å²) in [6.07, 6.45) is 1.14. The first-order chi connectivity index (χ1) is 10.7. The summed E-state index contributed by atoms with van der Waals surface area (Å²) < 4.78 is 36.2. The van der Waals surface area contributed by atoms with Crippen molar-refractivity contribution in [1.29, 1.82) is 0 Å². The quantitative estimate of drug-likeness (QED) is 0.899. The zero-order valence-electron chi connectivity index (χ0n) is 12.8. The van der Waals surface area contributed by atoms with E-state index in [0.29, 0.717) is 11.3 Å². The number of sulfone groups is 1. The standard InChI is InChI=1S/C16H17FN2O3S/c1-11-6-7-14(17)15(8-11)19-16(20)18-13-5-3-4-12(9-13)10-23(2,21)22/h3-9H,10H2,1-2H3,(H2,18,19,20). The van der Waals surface area contributed by atoms with Crippen molar-refractivity contribution in [3.63, 3.8) is 0 Å². The van der Waals surface area contributed by atoms with Crippen LogP contribution in [0.2, 0.25) is 0 Å². The Labute approximate surface area is 134 Å². The molecular weight excluding hydrogens is 319 g/mol. The number of amides is 2. The van der Waals surface area contributed by atoms with Gasteiger partial charge in [0.15, 0.2) is 9.84 Å². The van der Waals surface area contributed by atoms with Crippen LogP contribution >= 0.6 is 0 Å². The van der Waals surface area contributed by atoms with E-state index in [1.165, 1.54) is 12.1 Å². The number of hydrogen-bond acceptors (Lipinski definition) is 3. The van der Waals surface area contributed by atoms with Crippen LogP contribution in [0, 0.1) is 12.7 Å². The molecule has 2 aromatic rings. The first-order valence-electron chi connectivity index (χ1n) is 6.84. The van der Waals surface area contributed by atoms with Crippen molar-refractivity contribution in [3.8, 4) is 0 Å².